The van der Waals surface area contributed by atoms with Crippen molar-refractivity contribution in [3.63, 3.8) is 0 Å². The van der Waals surface area contributed by atoms with Crippen LogP contribution < -0.4 is 10.0 Å². The lowest BCUT2D eigenvalue weighted by Crippen LogP contribution is -2.37. The lowest BCUT2D eigenvalue weighted by Gasteiger charge is -2.21. The Kier molecular flexibility index (Phi) is 5.89. The van der Waals surface area contributed by atoms with Crippen LogP contribution in [0.4, 0.5) is 11.4 Å². The number of H-pyrrole nitrogens is 1. The molecule has 0 spiro atoms. The minimum absolute atomic E-state index is 0.0264. The molecule has 1 amide bonds. The fourth-order valence-corrected chi connectivity index (χ4v) is 4.47. The summed E-state index contributed by atoms with van der Waals surface area (Å²) in [5, 5.41) is 11.5. The molecule has 4 aromatic rings. The zero-order valence-electron chi connectivity index (χ0n) is 17.8. The highest BCUT2D eigenvalue weighted by molar-refractivity contribution is 7.92. The molecule has 0 unspecified atom stereocenters. The zero-order valence-corrected chi connectivity index (χ0v) is 18.6. The van der Waals surface area contributed by atoms with Crippen LogP contribution >= 0.6 is 0 Å². The standard InChI is InChI=1S/C24H22N4O4S/c1-33(31,32)28(15-21(25)29)18-11-7-10-17(14-18)26-23(16-8-3-2-4-9-16)22-19-12-5-6-13-20(19)27-24(22)30/h2-14,27,30H,15H2,1H3,(H2,25,29). The molecule has 0 saturated carbocycles. The van der Waals surface area contributed by atoms with Crippen molar-refractivity contribution in [1.82, 2.24) is 4.98 Å². The number of aliphatic imine (C=N–C) groups is 1. The molecule has 0 saturated heterocycles. The molecule has 168 valence electrons. The number of para-hydroxylation sites is 1. The third kappa shape index (κ3) is 4.73. The fraction of sp³-hybridized carbons (Fsp3) is 0.0833. The van der Waals surface area contributed by atoms with Crippen LogP contribution in [0.5, 0.6) is 5.88 Å². The molecule has 0 atom stereocenters. The van der Waals surface area contributed by atoms with Crippen LogP contribution in [0.25, 0.3) is 10.9 Å². The summed E-state index contributed by atoms with van der Waals surface area (Å²) >= 11 is 0. The van der Waals surface area contributed by atoms with Crippen LogP contribution in [0.3, 0.4) is 0 Å². The minimum atomic E-state index is -3.75. The molecule has 0 radical (unpaired) electrons. The van der Waals surface area contributed by atoms with Gasteiger partial charge in [0.1, 0.15) is 6.54 Å². The molecule has 0 aliphatic carbocycles. The van der Waals surface area contributed by atoms with Gasteiger partial charge in [-0.05, 0) is 24.3 Å². The Bertz CT molecular complexity index is 1460. The van der Waals surface area contributed by atoms with Crippen molar-refractivity contribution in [3.8, 4) is 5.88 Å². The van der Waals surface area contributed by atoms with Gasteiger partial charge in [-0.25, -0.2) is 13.4 Å². The maximum absolute atomic E-state index is 12.2. The smallest absolute Gasteiger partial charge is 0.238 e. The van der Waals surface area contributed by atoms with E-state index in [2.05, 4.69) is 4.98 Å². The first kappa shape index (κ1) is 22.1. The number of anilines is 1. The monoisotopic (exact) mass is 462 g/mol. The highest BCUT2D eigenvalue weighted by Gasteiger charge is 2.21. The second-order valence-corrected chi connectivity index (χ2v) is 9.38. The van der Waals surface area contributed by atoms with Gasteiger partial charge in [0.2, 0.25) is 15.9 Å². The lowest BCUT2D eigenvalue weighted by molar-refractivity contribution is -0.116. The highest BCUT2D eigenvalue weighted by Crippen LogP contribution is 2.32. The number of nitrogens with two attached hydrogens (primary N) is 1. The number of sulfonamides is 1. The molecule has 4 rings (SSSR count). The SMILES string of the molecule is CS(=O)(=O)N(CC(N)=O)c1cccc(N=C(c2ccccc2)c2c(O)[nH]c3ccccc23)c1. The van der Waals surface area contributed by atoms with Crippen LogP contribution in [-0.4, -0.2) is 42.9 Å². The highest BCUT2D eigenvalue weighted by atomic mass is 32.2. The molecule has 0 bridgehead atoms. The van der Waals surface area contributed by atoms with Crippen molar-refractivity contribution in [2.75, 3.05) is 17.1 Å². The molecule has 0 aliphatic rings. The van der Waals surface area contributed by atoms with Crippen molar-refractivity contribution < 1.29 is 18.3 Å². The van der Waals surface area contributed by atoms with E-state index >= 15 is 0 Å². The number of carbonyl (C=O) groups is 1. The van der Waals surface area contributed by atoms with E-state index in [1.807, 2.05) is 54.6 Å². The van der Waals surface area contributed by atoms with E-state index in [-0.39, 0.29) is 11.6 Å². The number of amides is 1. The second-order valence-electron chi connectivity index (χ2n) is 7.48. The van der Waals surface area contributed by atoms with Gasteiger partial charge in [-0.15, -0.1) is 0 Å². The van der Waals surface area contributed by atoms with Crippen LogP contribution in [-0.2, 0) is 14.8 Å². The number of rotatable bonds is 7. The Morgan fingerprint density at radius 1 is 1.03 bits per heavy atom. The fourth-order valence-electron chi connectivity index (χ4n) is 3.62. The van der Waals surface area contributed by atoms with Crippen molar-refractivity contribution in [3.05, 3.63) is 90.0 Å². The zero-order chi connectivity index (χ0) is 23.6. The predicted molar refractivity (Wildman–Crippen MR) is 130 cm³/mol. The Labute approximate surface area is 191 Å². The van der Waals surface area contributed by atoms with Crippen LogP contribution in [0.2, 0.25) is 0 Å². The minimum Gasteiger partial charge on any atom is -0.494 e. The third-order valence-electron chi connectivity index (χ3n) is 5.03. The molecule has 1 heterocycles. The van der Waals surface area contributed by atoms with Gasteiger partial charge in [0, 0.05) is 16.5 Å². The van der Waals surface area contributed by atoms with Crippen molar-refractivity contribution in [2.24, 2.45) is 10.7 Å². The number of aromatic hydroxyl groups is 1. The number of primary amides is 1. The number of hydrogen-bond donors (Lipinski definition) is 3. The topological polar surface area (TPSA) is 129 Å². The number of aromatic nitrogens is 1. The summed E-state index contributed by atoms with van der Waals surface area (Å²) < 4.78 is 25.4. The Morgan fingerprint density at radius 2 is 1.73 bits per heavy atom. The lowest BCUT2D eigenvalue weighted by atomic mass is 10.0. The summed E-state index contributed by atoms with van der Waals surface area (Å²) in [7, 11) is -3.75. The van der Waals surface area contributed by atoms with E-state index in [1.165, 1.54) is 0 Å². The number of fused-ring (bicyclic) bond motifs is 1. The molecular formula is C24H22N4O4S. The number of hydrogen-bond acceptors (Lipinski definition) is 5. The predicted octanol–water partition coefficient (Wildman–Crippen LogP) is 3.29. The molecule has 1 aromatic heterocycles. The maximum atomic E-state index is 12.2. The largest absolute Gasteiger partial charge is 0.494 e. The van der Waals surface area contributed by atoms with Crippen molar-refractivity contribution >= 4 is 43.9 Å². The molecule has 8 nitrogen and oxygen atoms in total. The van der Waals surface area contributed by atoms with Gasteiger partial charge in [-0.1, -0.05) is 54.6 Å². The van der Waals surface area contributed by atoms with E-state index in [4.69, 9.17) is 10.7 Å². The Balaban J connectivity index is 1.90. The first-order chi connectivity index (χ1) is 15.7. The van der Waals surface area contributed by atoms with E-state index in [0.717, 1.165) is 27.0 Å². The molecule has 9 heteroatoms. The molecular weight excluding hydrogens is 440 g/mol. The average molecular weight is 463 g/mol. The summed E-state index contributed by atoms with van der Waals surface area (Å²) in [6.45, 7) is -0.485. The van der Waals surface area contributed by atoms with Crippen molar-refractivity contribution in [2.45, 2.75) is 0 Å². The van der Waals surface area contributed by atoms with Crippen molar-refractivity contribution in [1.29, 1.82) is 0 Å². The number of benzene rings is 3. The molecule has 4 N–H and O–H groups in total. The van der Waals surface area contributed by atoms with Crippen LogP contribution in [0, 0.1) is 0 Å². The average Bonchev–Trinajstić information content (AvgIpc) is 3.11. The van der Waals surface area contributed by atoms with E-state index in [1.54, 1.807) is 24.3 Å². The van der Waals surface area contributed by atoms with E-state index in [9.17, 15) is 18.3 Å². The Morgan fingerprint density at radius 3 is 2.42 bits per heavy atom. The molecule has 0 aliphatic heterocycles. The van der Waals surface area contributed by atoms with Gasteiger partial charge >= 0.3 is 0 Å². The third-order valence-corrected chi connectivity index (χ3v) is 6.17. The first-order valence-corrected chi connectivity index (χ1v) is 11.9. The molecule has 3 aromatic carbocycles. The summed E-state index contributed by atoms with van der Waals surface area (Å²) in [4.78, 5) is 19.2. The number of aromatic amines is 1. The number of carbonyl (C=O) groups excluding carboxylic acids is 1. The van der Waals surface area contributed by atoms with E-state index in [0.29, 0.717) is 17.0 Å². The normalized spacial score (nSPS) is 12.1. The van der Waals surface area contributed by atoms with Gasteiger partial charge in [0.15, 0.2) is 5.88 Å². The van der Waals surface area contributed by atoms with Crippen LogP contribution in [0.1, 0.15) is 11.1 Å². The maximum Gasteiger partial charge on any atom is 0.238 e. The van der Waals surface area contributed by atoms with Gasteiger partial charge < -0.3 is 15.8 Å². The summed E-state index contributed by atoms with van der Waals surface area (Å²) in [6.07, 6.45) is 1.01. The second kappa shape index (κ2) is 8.79. The quantitative estimate of drug-likeness (QED) is 0.364. The van der Waals surface area contributed by atoms with Gasteiger partial charge in [-0.2, -0.15) is 0 Å². The summed E-state index contributed by atoms with van der Waals surface area (Å²) in [6, 6.07) is 23.3. The molecule has 0 fully saturated rings. The molecule has 33 heavy (non-hydrogen) atoms. The van der Waals surface area contributed by atoms with Gasteiger partial charge in [-0.3, -0.25) is 9.10 Å². The summed E-state index contributed by atoms with van der Waals surface area (Å²) in [5.74, 6) is -0.801. The van der Waals surface area contributed by atoms with Gasteiger partial charge in [0.25, 0.3) is 0 Å². The van der Waals surface area contributed by atoms with Gasteiger partial charge in [0.05, 0.1) is 28.9 Å². The number of nitrogens with zero attached hydrogens (tertiary/aromatic N) is 2. The number of nitrogens with one attached hydrogen (secondary N) is 1. The first-order valence-electron chi connectivity index (χ1n) is 10.0. The van der Waals surface area contributed by atoms with E-state index < -0.39 is 22.5 Å². The van der Waals surface area contributed by atoms with Crippen LogP contribution in [0.15, 0.2) is 83.9 Å². The Hall–Kier alpha value is -4.11. The summed E-state index contributed by atoms with van der Waals surface area (Å²) in [5.41, 5.74) is 8.50.